The van der Waals surface area contributed by atoms with Crippen LogP contribution < -0.4 is 10.6 Å². The van der Waals surface area contributed by atoms with Crippen LogP contribution in [0.3, 0.4) is 0 Å². The van der Waals surface area contributed by atoms with Gasteiger partial charge in [0.05, 0.1) is 6.54 Å². The molecular formula is C22H33N3O2. The lowest BCUT2D eigenvalue weighted by Gasteiger charge is -2.32. The molecule has 2 amide bonds. The van der Waals surface area contributed by atoms with Crippen LogP contribution in [0.15, 0.2) is 30.3 Å². The Bertz CT molecular complexity index is 603. The monoisotopic (exact) mass is 371 g/mol. The smallest absolute Gasteiger partial charge is 0.234 e. The van der Waals surface area contributed by atoms with Crippen molar-refractivity contribution >= 4 is 11.8 Å². The van der Waals surface area contributed by atoms with Crippen LogP contribution in [-0.2, 0) is 16.1 Å². The number of amides is 2. The van der Waals surface area contributed by atoms with Gasteiger partial charge in [0, 0.05) is 18.5 Å². The largest absolute Gasteiger partial charge is 0.352 e. The summed E-state index contributed by atoms with van der Waals surface area (Å²) in [5.74, 6) is 1.14. The first-order valence-electron chi connectivity index (χ1n) is 10.4. The SMILES string of the molecule is CC1CCC(NC(=O)CN2CCC(C(=O)NCc3ccccc3)CC2)CC1. The van der Waals surface area contributed by atoms with Gasteiger partial charge in [0.25, 0.3) is 0 Å². The fraction of sp³-hybridized carbons (Fsp3) is 0.636. The first-order chi connectivity index (χ1) is 13.1. The zero-order valence-corrected chi connectivity index (χ0v) is 16.5. The van der Waals surface area contributed by atoms with Crippen molar-refractivity contribution < 1.29 is 9.59 Å². The van der Waals surface area contributed by atoms with E-state index in [0.29, 0.717) is 19.1 Å². The number of rotatable bonds is 6. The van der Waals surface area contributed by atoms with E-state index in [0.717, 1.165) is 50.3 Å². The number of carbonyl (C=O) groups is 2. The Balaban J connectivity index is 1.33. The molecule has 1 aliphatic carbocycles. The molecule has 2 fully saturated rings. The van der Waals surface area contributed by atoms with Crippen LogP contribution in [0.25, 0.3) is 0 Å². The van der Waals surface area contributed by atoms with Crippen LogP contribution in [0.4, 0.5) is 0 Å². The standard InChI is InChI=1S/C22H33N3O2/c1-17-7-9-20(10-8-17)24-21(26)16-25-13-11-19(12-14-25)22(27)23-15-18-5-3-2-4-6-18/h2-6,17,19-20H,7-16H2,1H3,(H,23,27)(H,24,26). The molecule has 2 aliphatic rings. The van der Waals surface area contributed by atoms with Gasteiger partial charge in [0.15, 0.2) is 0 Å². The van der Waals surface area contributed by atoms with Crippen LogP contribution >= 0.6 is 0 Å². The highest BCUT2D eigenvalue weighted by Crippen LogP contribution is 2.23. The third kappa shape index (κ3) is 6.35. The van der Waals surface area contributed by atoms with Crippen molar-refractivity contribution in [3.05, 3.63) is 35.9 Å². The van der Waals surface area contributed by atoms with E-state index >= 15 is 0 Å². The maximum atomic E-state index is 12.4. The number of piperidine rings is 1. The second-order valence-corrected chi connectivity index (χ2v) is 8.28. The van der Waals surface area contributed by atoms with E-state index in [2.05, 4.69) is 22.5 Å². The van der Waals surface area contributed by atoms with E-state index in [9.17, 15) is 9.59 Å². The average Bonchev–Trinajstić information content (AvgIpc) is 2.69. The number of hydrogen-bond donors (Lipinski definition) is 2. The van der Waals surface area contributed by atoms with Crippen molar-refractivity contribution in [2.45, 2.75) is 58.0 Å². The molecule has 5 nitrogen and oxygen atoms in total. The average molecular weight is 372 g/mol. The van der Waals surface area contributed by atoms with E-state index < -0.39 is 0 Å². The fourth-order valence-electron chi connectivity index (χ4n) is 4.16. The van der Waals surface area contributed by atoms with Crippen molar-refractivity contribution in [2.24, 2.45) is 11.8 Å². The molecule has 148 valence electrons. The molecule has 0 atom stereocenters. The maximum Gasteiger partial charge on any atom is 0.234 e. The third-order valence-electron chi connectivity index (χ3n) is 6.02. The molecule has 1 saturated heterocycles. The first-order valence-corrected chi connectivity index (χ1v) is 10.4. The van der Waals surface area contributed by atoms with Crippen LogP contribution in [-0.4, -0.2) is 42.4 Å². The van der Waals surface area contributed by atoms with Crippen LogP contribution in [0, 0.1) is 11.8 Å². The minimum absolute atomic E-state index is 0.0628. The highest BCUT2D eigenvalue weighted by molar-refractivity contribution is 5.79. The summed E-state index contributed by atoms with van der Waals surface area (Å²) in [5, 5.41) is 6.24. The van der Waals surface area contributed by atoms with Gasteiger partial charge >= 0.3 is 0 Å². The summed E-state index contributed by atoms with van der Waals surface area (Å²) in [7, 11) is 0. The molecular weight excluding hydrogens is 338 g/mol. The summed E-state index contributed by atoms with van der Waals surface area (Å²) in [5.41, 5.74) is 1.12. The summed E-state index contributed by atoms with van der Waals surface area (Å²) in [6, 6.07) is 10.3. The van der Waals surface area contributed by atoms with Crippen molar-refractivity contribution in [1.82, 2.24) is 15.5 Å². The topological polar surface area (TPSA) is 61.4 Å². The Morgan fingerprint density at radius 3 is 2.33 bits per heavy atom. The minimum atomic E-state index is 0.0628. The van der Waals surface area contributed by atoms with Crippen molar-refractivity contribution in [2.75, 3.05) is 19.6 Å². The molecule has 1 aromatic rings. The zero-order chi connectivity index (χ0) is 19.1. The predicted octanol–water partition coefficient (Wildman–Crippen LogP) is 2.71. The normalized spacial score (nSPS) is 24.3. The Kier molecular flexibility index (Phi) is 7.27. The van der Waals surface area contributed by atoms with Crippen molar-refractivity contribution in [1.29, 1.82) is 0 Å². The molecule has 5 heteroatoms. The lowest BCUT2D eigenvalue weighted by Crippen LogP contribution is -2.46. The van der Waals surface area contributed by atoms with E-state index in [1.165, 1.54) is 12.8 Å². The van der Waals surface area contributed by atoms with Gasteiger partial charge in [0.1, 0.15) is 0 Å². The highest BCUT2D eigenvalue weighted by Gasteiger charge is 2.26. The molecule has 0 bridgehead atoms. The summed E-state index contributed by atoms with van der Waals surface area (Å²) < 4.78 is 0. The Morgan fingerprint density at radius 2 is 1.67 bits per heavy atom. The molecule has 1 aromatic carbocycles. The van der Waals surface area contributed by atoms with Gasteiger partial charge in [-0.1, -0.05) is 37.3 Å². The third-order valence-corrected chi connectivity index (χ3v) is 6.02. The van der Waals surface area contributed by atoms with Gasteiger partial charge in [-0.3, -0.25) is 14.5 Å². The molecule has 3 rings (SSSR count). The number of nitrogens with one attached hydrogen (secondary N) is 2. The van der Waals surface area contributed by atoms with Crippen LogP contribution in [0.5, 0.6) is 0 Å². The van der Waals surface area contributed by atoms with Crippen molar-refractivity contribution in [3.8, 4) is 0 Å². The van der Waals surface area contributed by atoms with E-state index in [1.54, 1.807) is 0 Å². The number of likely N-dealkylation sites (tertiary alicyclic amines) is 1. The second kappa shape index (κ2) is 9.88. The molecule has 1 heterocycles. The Hall–Kier alpha value is -1.88. The summed E-state index contributed by atoms with van der Waals surface area (Å²) in [4.78, 5) is 26.9. The lowest BCUT2D eigenvalue weighted by atomic mass is 9.87. The molecule has 0 spiro atoms. The molecule has 27 heavy (non-hydrogen) atoms. The van der Waals surface area contributed by atoms with E-state index in [-0.39, 0.29) is 17.7 Å². The van der Waals surface area contributed by atoms with Gasteiger partial charge in [-0.15, -0.1) is 0 Å². The Labute approximate surface area is 162 Å². The molecule has 0 aromatic heterocycles. The number of nitrogens with zero attached hydrogens (tertiary/aromatic N) is 1. The predicted molar refractivity (Wildman–Crippen MR) is 107 cm³/mol. The second-order valence-electron chi connectivity index (χ2n) is 8.28. The van der Waals surface area contributed by atoms with E-state index in [1.807, 2.05) is 30.3 Å². The van der Waals surface area contributed by atoms with Gasteiger partial charge in [0.2, 0.25) is 11.8 Å². The van der Waals surface area contributed by atoms with Gasteiger partial charge in [-0.05, 0) is 63.1 Å². The molecule has 2 N–H and O–H groups in total. The Morgan fingerprint density at radius 1 is 1.00 bits per heavy atom. The summed E-state index contributed by atoms with van der Waals surface area (Å²) in [6.07, 6.45) is 6.31. The maximum absolute atomic E-state index is 12.4. The van der Waals surface area contributed by atoms with Gasteiger partial charge in [-0.2, -0.15) is 0 Å². The lowest BCUT2D eigenvalue weighted by molar-refractivity contribution is -0.127. The van der Waals surface area contributed by atoms with Gasteiger partial charge in [-0.25, -0.2) is 0 Å². The zero-order valence-electron chi connectivity index (χ0n) is 16.5. The first kappa shape index (κ1) is 19.9. The summed E-state index contributed by atoms with van der Waals surface area (Å²) >= 11 is 0. The highest BCUT2D eigenvalue weighted by atomic mass is 16.2. The van der Waals surface area contributed by atoms with E-state index in [4.69, 9.17) is 0 Å². The van der Waals surface area contributed by atoms with Crippen LogP contribution in [0.1, 0.15) is 51.0 Å². The fourth-order valence-corrected chi connectivity index (χ4v) is 4.16. The number of benzene rings is 1. The minimum Gasteiger partial charge on any atom is -0.352 e. The number of hydrogen-bond acceptors (Lipinski definition) is 3. The number of carbonyl (C=O) groups excluding carboxylic acids is 2. The van der Waals surface area contributed by atoms with Crippen molar-refractivity contribution in [3.63, 3.8) is 0 Å². The van der Waals surface area contributed by atoms with Crippen LogP contribution in [0.2, 0.25) is 0 Å². The molecule has 1 aliphatic heterocycles. The summed E-state index contributed by atoms with van der Waals surface area (Å²) in [6.45, 7) is 4.97. The molecule has 0 radical (unpaired) electrons. The molecule has 1 saturated carbocycles. The molecule has 0 unspecified atom stereocenters. The van der Waals surface area contributed by atoms with Gasteiger partial charge < -0.3 is 10.6 Å². The quantitative estimate of drug-likeness (QED) is 0.808.